The molecule has 1 aromatic heterocycles. The number of hydrogen-bond acceptors (Lipinski definition) is 5. The first-order valence-corrected chi connectivity index (χ1v) is 11.6. The predicted octanol–water partition coefficient (Wildman–Crippen LogP) is 5.76. The van der Waals surface area contributed by atoms with Crippen LogP contribution in [0.15, 0.2) is 47.8 Å². The number of thiophene rings is 1. The molecule has 0 saturated carbocycles. The molecule has 0 saturated heterocycles. The zero-order valence-corrected chi connectivity index (χ0v) is 19.3. The Balaban J connectivity index is 1.78. The molecular weight excluding hydrogens is 445 g/mol. The Bertz CT molecular complexity index is 1130. The van der Waals surface area contributed by atoms with Gasteiger partial charge in [0, 0.05) is 18.2 Å². The van der Waals surface area contributed by atoms with E-state index in [9.17, 15) is 19.1 Å². The van der Waals surface area contributed by atoms with Gasteiger partial charge in [0.25, 0.3) is 5.91 Å². The van der Waals surface area contributed by atoms with Crippen LogP contribution >= 0.6 is 11.3 Å². The number of aromatic carboxylic acids is 1. The van der Waals surface area contributed by atoms with E-state index in [1.807, 2.05) is 26.0 Å². The molecule has 0 atom stereocenters. The molecule has 3 rings (SSSR count). The lowest BCUT2D eigenvalue weighted by molar-refractivity contribution is 0.0702. The topological polar surface area (TPSA) is 84.9 Å². The summed E-state index contributed by atoms with van der Waals surface area (Å²) < 4.78 is 25.6. The quantitative estimate of drug-likeness (QED) is 0.371. The van der Waals surface area contributed by atoms with E-state index in [4.69, 9.17) is 9.47 Å². The minimum absolute atomic E-state index is 0.0741. The number of carbonyl (C=O) groups excluding carboxylic acids is 1. The van der Waals surface area contributed by atoms with Crippen molar-refractivity contribution in [2.75, 3.05) is 13.2 Å². The van der Waals surface area contributed by atoms with E-state index in [2.05, 4.69) is 5.32 Å². The van der Waals surface area contributed by atoms with Crippen molar-refractivity contribution in [3.63, 3.8) is 0 Å². The number of hydrogen-bond donors (Lipinski definition) is 2. The summed E-state index contributed by atoms with van der Waals surface area (Å²) in [6, 6.07) is 11.3. The lowest BCUT2D eigenvalue weighted by Crippen LogP contribution is -2.24. The van der Waals surface area contributed by atoms with E-state index in [1.165, 1.54) is 12.1 Å². The smallest absolute Gasteiger partial charge is 0.345 e. The largest absolute Gasteiger partial charge is 0.494 e. The van der Waals surface area contributed by atoms with Crippen LogP contribution in [-0.2, 0) is 6.54 Å². The molecule has 2 aromatic carbocycles. The number of carboxylic acids is 1. The van der Waals surface area contributed by atoms with Gasteiger partial charge in [0.15, 0.2) is 0 Å². The fraction of sp³-hybridized carbons (Fsp3) is 0.280. The minimum Gasteiger partial charge on any atom is -0.494 e. The van der Waals surface area contributed by atoms with E-state index < -0.39 is 17.7 Å². The minimum atomic E-state index is -0.977. The molecule has 2 N–H and O–H groups in total. The van der Waals surface area contributed by atoms with Gasteiger partial charge in [-0.3, -0.25) is 4.79 Å². The molecule has 174 valence electrons. The summed E-state index contributed by atoms with van der Waals surface area (Å²) in [5.74, 6) is -1.19. The molecule has 0 spiro atoms. The van der Waals surface area contributed by atoms with Crippen molar-refractivity contribution >= 4 is 23.2 Å². The van der Waals surface area contributed by atoms with Gasteiger partial charge in [-0.1, -0.05) is 19.9 Å². The zero-order valence-electron chi connectivity index (χ0n) is 18.5. The molecule has 6 nitrogen and oxygen atoms in total. The van der Waals surface area contributed by atoms with Crippen LogP contribution in [0.3, 0.4) is 0 Å². The molecule has 3 aromatic rings. The second-order valence-electron chi connectivity index (χ2n) is 7.35. The first kappa shape index (κ1) is 24.3. The van der Waals surface area contributed by atoms with Crippen molar-refractivity contribution in [2.24, 2.45) is 0 Å². The highest BCUT2D eigenvalue weighted by Crippen LogP contribution is 2.30. The van der Waals surface area contributed by atoms with Crippen molar-refractivity contribution < 1.29 is 28.6 Å². The Morgan fingerprint density at radius 1 is 1.00 bits per heavy atom. The van der Waals surface area contributed by atoms with E-state index >= 15 is 0 Å². The van der Waals surface area contributed by atoms with Crippen molar-refractivity contribution in [1.29, 1.82) is 0 Å². The van der Waals surface area contributed by atoms with Crippen LogP contribution in [0.1, 0.15) is 52.3 Å². The van der Waals surface area contributed by atoms with Gasteiger partial charge in [0.1, 0.15) is 22.2 Å². The second-order valence-corrected chi connectivity index (χ2v) is 8.26. The van der Waals surface area contributed by atoms with Crippen molar-refractivity contribution in [2.45, 2.75) is 33.2 Å². The maximum absolute atomic E-state index is 14.4. The molecule has 0 aliphatic carbocycles. The molecule has 0 unspecified atom stereocenters. The zero-order chi connectivity index (χ0) is 23.8. The number of halogens is 1. The van der Waals surface area contributed by atoms with E-state index in [-0.39, 0.29) is 17.0 Å². The molecule has 0 radical (unpaired) electrons. The number of amides is 1. The number of carbonyl (C=O) groups is 2. The highest BCUT2D eigenvalue weighted by Gasteiger charge is 2.15. The fourth-order valence-corrected chi connectivity index (χ4v) is 3.86. The van der Waals surface area contributed by atoms with E-state index in [1.54, 1.807) is 23.6 Å². The Hall–Kier alpha value is -3.39. The summed E-state index contributed by atoms with van der Waals surface area (Å²) in [6.45, 7) is 5.05. The maximum atomic E-state index is 14.4. The summed E-state index contributed by atoms with van der Waals surface area (Å²) in [5.41, 5.74) is 2.20. The van der Waals surface area contributed by atoms with E-state index in [0.717, 1.165) is 35.3 Å². The summed E-state index contributed by atoms with van der Waals surface area (Å²) in [7, 11) is 0. The number of benzene rings is 2. The van der Waals surface area contributed by atoms with Crippen LogP contribution in [0.5, 0.6) is 11.5 Å². The second kappa shape index (κ2) is 11.5. The summed E-state index contributed by atoms with van der Waals surface area (Å²) >= 11 is 1.15. The Morgan fingerprint density at radius 2 is 1.76 bits per heavy atom. The number of carboxylic acid groups (broad SMARTS) is 1. The van der Waals surface area contributed by atoms with Crippen LogP contribution < -0.4 is 14.8 Å². The van der Waals surface area contributed by atoms with E-state index in [0.29, 0.717) is 30.3 Å². The number of rotatable bonds is 11. The molecule has 0 aliphatic heterocycles. The van der Waals surface area contributed by atoms with Gasteiger partial charge in [-0.15, -0.1) is 11.3 Å². The highest BCUT2D eigenvalue weighted by atomic mass is 32.1. The molecular formula is C25H26FNO5S. The third-order valence-electron chi connectivity index (χ3n) is 4.76. The van der Waals surface area contributed by atoms with Crippen LogP contribution in [0.2, 0.25) is 0 Å². The predicted molar refractivity (Wildman–Crippen MR) is 126 cm³/mol. The SMILES string of the molecule is CCCOc1ccc(C(=O)NCc2cc(-c3csc(C(=O)O)c3)ccc2OCCC)c(F)c1. The third-order valence-corrected chi connectivity index (χ3v) is 5.68. The van der Waals surface area contributed by atoms with Crippen LogP contribution in [0, 0.1) is 5.82 Å². The van der Waals surface area contributed by atoms with Crippen LogP contribution in [-0.4, -0.2) is 30.2 Å². The van der Waals surface area contributed by atoms with Crippen LogP contribution in [0.25, 0.3) is 11.1 Å². The highest BCUT2D eigenvalue weighted by molar-refractivity contribution is 7.12. The number of nitrogens with one attached hydrogen (secondary N) is 1. The van der Waals surface area contributed by atoms with Gasteiger partial charge in [-0.25, -0.2) is 9.18 Å². The van der Waals surface area contributed by atoms with Crippen LogP contribution in [0.4, 0.5) is 4.39 Å². The van der Waals surface area contributed by atoms with Gasteiger partial charge in [-0.2, -0.15) is 0 Å². The lowest BCUT2D eigenvalue weighted by atomic mass is 10.0. The monoisotopic (exact) mass is 471 g/mol. The molecule has 1 amide bonds. The fourth-order valence-electron chi connectivity index (χ4n) is 3.11. The van der Waals surface area contributed by atoms with Crippen molar-refractivity contribution in [1.82, 2.24) is 5.32 Å². The van der Waals surface area contributed by atoms with Crippen molar-refractivity contribution in [3.8, 4) is 22.6 Å². The van der Waals surface area contributed by atoms with Gasteiger partial charge in [0.05, 0.1) is 18.8 Å². The average Bonchev–Trinajstić information content (AvgIpc) is 3.31. The number of ether oxygens (including phenoxy) is 2. The first-order valence-electron chi connectivity index (χ1n) is 10.7. The molecule has 0 fully saturated rings. The van der Waals surface area contributed by atoms with Crippen molar-refractivity contribution in [3.05, 3.63) is 69.7 Å². The first-order chi connectivity index (χ1) is 15.9. The summed E-state index contributed by atoms with van der Waals surface area (Å²) in [5, 5.41) is 13.7. The van der Waals surface area contributed by atoms with Gasteiger partial charge in [0.2, 0.25) is 0 Å². The Kier molecular flexibility index (Phi) is 8.43. The molecule has 0 aliphatic rings. The standard InChI is InChI=1S/C25H26FNO5S/c1-3-9-31-19-6-7-20(21(26)13-19)24(28)27-14-17-11-16(5-8-22(17)32-10-4-2)18-12-23(25(29)30)33-15-18/h5-8,11-13,15H,3-4,9-10,14H2,1-2H3,(H,27,28)(H,29,30). The lowest BCUT2D eigenvalue weighted by Gasteiger charge is -2.14. The van der Waals surface area contributed by atoms with Gasteiger partial charge < -0.3 is 19.9 Å². The molecule has 1 heterocycles. The third kappa shape index (κ3) is 6.32. The molecule has 0 bridgehead atoms. The average molecular weight is 472 g/mol. The molecule has 33 heavy (non-hydrogen) atoms. The maximum Gasteiger partial charge on any atom is 0.345 e. The Morgan fingerprint density at radius 3 is 2.42 bits per heavy atom. The normalized spacial score (nSPS) is 10.6. The van der Waals surface area contributed by atoms with Gasteiger partial charge in [-0.05, 0) is 59.7 Å². The van der Waals surface area contributed by atoms with Gasteiger partial charge >= 0.3 is 5.97 Å². The summed E-state index contributed by atoms with van der Waals surface area (Å²) in [4.78, 5) is 24.1. The summed E-state index contributed by atoms with van der Waals surface area (Å²) in [6.07, 6.45) is 1.62. The molecule has 8 heteroatoms. The Labute approximate surface area is 196 Å².